The Morgan fingerprint density at radius 2 is 1.70 bits per heavy atom. The molecule has 1 amide bonds. The summed E-state index contributed by atoms with van der Waals surface area (Å²) in [7, 11) is -3.95. The largest absolute Gasteiger partial charge is 0.494 e. The lowest BCUT2D eigenvalue weighted by molar-refractivity contribution is -0.130. The molecule has 1 aliphatic rings. The lowest BCUT2D eigenvalue weighted by Gasteiger charge is -2.32. The van der Waals surface area contributed by atoms with E-state index in [9.17, 15) is 13.2 Å². The van der Waals surface area contributed by atoms with E-state index in [1.165, 1.54) is 24.3 Å². The molecule has 0 spiro atoms. The van der Waals surface area contributed by atoms with Crippen molar-refractivity contribution in [1.82, 2.24) is 4.90 Å². The van der Waals surface area contributed by atoms with Crippen molar-refractivity contribution in [2.75, 3.05) is 30.5 Å². The molecule has 1 saturated heterocycles. The summed E-state index contributed by atoms with van der Waals surface area (Å²) in [5.74, 6) is 1.02. The van der Waals surface area contributed by atoms with Crippen LogP contribution in [-0.4, -0.2) is 45.5 Å². The van der Waals surface area contributed by atoms with Gasteiger partial charge in [-0.3, -0.25) is 9.10 Å². The average molecular weight is 451 g/mol. The molecule has 2 aromatic rings. The third-order valence-electron chi connectivity index (χ3n) is 5.25. The van der Waals surface area contributed by atoms with E-state index < -0.39 is 10.0 Å². The smallest absolute Gasteiger partial charge is 0.264 e. The number of carbonyl (C=O) groups excluding carboxylic acids is 1. The number of ether oxygens (including phenoxy) is 1. The number of amides is 1. The molecule has 8 heteroatoms. The van der Waals surface area contributed by atoms with Crippen LogP contribution in [0.5, 0.6) is 5.75 Å². The van der Waals surface area contributed by atoms with Crippen molar-refractivity contribution in [3.05, 3.63) is 53.6 Å². The van der Waals surface area contributed by atoms with E-state index in [1.54, 1.807) is 29.2 Å². The van der Waals surface area contributed by atoms with Crippen molar-refractivity contribution in [1.29, 1.82) is 0 Å². The highest BCUT2D eigenvalue weighted by Gasteiger charge is 2.30. The van der Waals surface area contributed by atoms with Crippen molar-refractivity contribution in [2.45, 2.75) is 31.6 Å². The molecule has 1 aliphatic heterocycles. The molecule has 1 fully saturated rings. The molecule has 0 N–H and O–H groups in total. The first-order valence-electron chi connectivity index (χ1n) is 10.1. The van der Waals surface area contributed by atoms with Gasteiger partial charge in [0.25, 0.3) is 10.0 Å². The Bertz CT molecular complexity index is 954. The second-order valence-electron chi connectivity index (χ2n) is 7.46. The molecular weight excluding hydrogens is 424 g/mol. The maximum atomic E-state index is 13.4. The number of piperidine rings is 1. The standard InChI is InChI=1S/C22H27ClN2O4S/c1-3-29-20-8-6-19(7-9-20)25(16-22(26)24-14-12-17(2)13-15-24)30(27,28)21-10-4-18(23)5-11-21/h4-11,17H,3,12-16H2,1-2H3. The van der Waals surface area contributed by atoms with Crippen LogP contribution in [0.3, 0.4) is 0 Å². The number of rotatable bonds is 7. The molecule has 0 unspecified atom stereocenters. The molecule has 162 valence electrons. The van der Waals surface area contributed by atoms with Crippen LogP contribution in [0, 0.1) is 5.92 Å². The Morgan fingerprint density at radius 1 is 1.10 bits per heavy atom. The summed E-state index contributed by atoms with van der Waals surface area (Å²) in [5.41, 5.74) is 0.409. The minimum absolute atomic E-state index is 0.0841. The summed E-state index contributed by atoms with van der Waals surface area (Å²) in [5, 5.41) is 0.445. The quantitative estimate of drug-likeness (QED) is 0.634. The molecule has 1 heterocycles. The van der Waals surface area contributed by atoms with Crippen molar-refractivity contribution in [3.63, 3.8) is 0 Å². The summed E-state index contributed by atoms with van der Waals surface area (Å²) >= 11 is 5.92. The number of anilines is 1. The van der Waals surface area contributed by atoms with Crippen LogP contribution < -0.4 is 9.04 Å². The Hall–Kier alpha value is -2.25. The third kappa shape index (κ3) is 5.26. The number of benzene rings is 2. The van der Waals surface area contributed by atoms with Gasteiger partial charge in [0.1, 0.15) is 12.3 Å². The number of carbonyl (C=O) groups is 1. The Morgan fingerprint density at radius 3 is 2.27 bits per heavy atom. The van der Waals surface area contributed by atoms with Crippen LogP contribution in [0.4, 0.5) is 5.69 Å². The summed E-state index contributed by atoms with van der Waals surface area (Å²) in [6.07, 6.45) is 1.86. The van der Waals surface area contributed by atoms with Crippen LogP contribution in [0.25, 0.3) is 0 Å². The molecule has 2 aromatic carbocycles. The van der Waals surface area contributed by atoms with Crippen molar-refractivity contribution in [2.24, 2.45) is 5.92 Å². The number of halogens is 1. The normalized spacial score (nSPS) is 15.1. The van der Waals surface area contributed by atoms with Crippen molar-refractivity contribution in [3.8, 4) is 5.75 Å². The van der Waals surface area contributed by atoms with Crippen LogP contribution in [0.1, 0.15) is 26.7 Å². The molecule has 0 saturated carbocycles. The van der Waals surface area contributed by atoms with Gasteiger partial charge in [0.05, 0.1) is 17.2 Å². The number of nitrogens with zero attached hydrogens (tertiary/aromatic N) is 2. The van der Waals surface area contributed by atoms with Crippen LogP contribution >= 0.6 is 11.6 Å². The molecule has 3 rings (SSSR count). The van der Waals surface area contributed by atoms with Gasteiger partial charge >= 0.3 is 0 Å². The van der Waals surface area contributed by atoms with Gasteiger partial charge in [-0.15, -0.1) is 0 Å². The van der Waals surface area contributed by atoms with Gasteiger partial charge in [-0.1, -0.05) is 18.5 Å². The molecular formula is C22H27ClN2O4S. The van der Waals surface area contributed by atoms with Crippen LogP contribution in [0.2, 0.25) is 5.02 Å². The van der Waals surface area contributed by atoms with E-state index in [1.807, 2.05) is 6.92 Å². The highest BCUT2D eigenvalue weighted by atomic mass is 35.5. The van der Waals surface area contributed by atoms with E-state index in [0.29, 0.717) is 42.1 Å². The zero-order valence-corrected chi connectivity index (χ0v) is 18.8. The van der Waals surface area contributed by atoms with Crippen LogP contribution in [0.15, 0.2) is 53.4 Å². The zero-order chi connectivity index (χ0) is 21.7. The van der Waals surface area contributed by atoms with Crippen LogP contribution in [-0.2, 0) is 14.8 Å². The van der Waals surface area contributed by atoms with E-state index >= 15 is 0 Å². The van der Waals surface area contributed by atoms with Gasteiger partial charge in [-0.25, -0.2) is 8.42 Å². The Labute approximate surface area is 183 Å². The molecule has 30 heavy (non-hydrogen) atoms. The number of likely N-dealkylation sites (tertiary alicyclic amines) is 1. The molecule has 0 bridgehead atoms. The van der Waals surface area contributed by atoms with Gasteiger partial charge in [-0.05, 0) is 74.2 Å². The van der Waals surface area contributed by atoms with Gasteiger partial charge in [-0.2, -0.15) is 0 Å². The van der Waals surface area contributed by atoms with Gasteiger partial charge < -0.3 is 9.64 Å². The predicted octanol–water partition coefficient (Wildman–Crippen LogP) is 4.19. The molecule has 0 aromatic heterocycles. The maximum Gasteiger partial charge on any atom is 0.264 e. The monoisotopic (exact) mass is 450 g/mol. The average Bonchev–Trinajstić information content (AvgIpc) is 2.73. The van der Waals surface area contributed by atoms with E-state index in [4.69, 9.17) is 16.3 Å². The molecule has 6 nitrogen and oxygen atoms in total. The second kappa shape index (κ2) is 9.71. The number of hydrogen-bond acceptors (Lipinski definition) is 4. The first-order valence-corrected chi connectivity index (χ1v) is 11.9. The first-order chi connectivity index (χ1) is 14.3. The SMILES string of the molecule is CCOc1ccc(N(CC(=O)N2CCC(C)CC2)S(=O)(=O)c2ccc(Cl)cc2)cc1. The third-order valence-corrected chi connectivity index (χ3v) is 7.29. The minimum atomic E-state index is -3.95. The fourth-order valence-electron chi connectivity index (χ4n) is 3.40. The number of sulfonamides is 1. The van der Waals surface area contributed by atoms with E-state index in [-0.39, 0.29) is 17.3 Å². The second-order valence-corrected chi connectivity index (χ2v) is 9.75. The highest BCUT2D eigenvalue weighted by molar-refractivity contribution is 7.92. The molecule has 0 radical (unpaired) electrons. The predicted molar refractivity (Wildman–Crippen MR) is 119 cm³/mol. The number of hydrogen-bond donors (Lipinski definition) is 0. The topological polar surface area (TPSA) is 66.9 Å². The van der Waals surface area contributed by atoms with Gasteiger partial charge in [0.2, 0.25) is 5.91 Å². The summed E-state index contributed by atoms with van der Waals surface area (Å²) in [6, 6.07) is 12.7. The van der Waals surface area contributed by atoms with Crippen molar-refractivity contribution >= 4 is 33.2 Å². The highest BCUT2D eigenvalue weighted by Crippen LogP contribution is 2.27. The van der Waals surface area contributed by atoms with Gasteiger partial charge in [0, 0.05) is 18.1 Å². The van der Waals surface area contributed by atoms with E-state index in [0.717, 1.165) is 17.1 Å². The first kappa shape index (κ1) is 22.4. The zero-order valence-electron chi connectivity index (χ0n) is 17.3. The Kier molecular flexibility index (Phi) is 7.26. The lowest BCUT2D eigenvalue weighted by atomic mass is 9.99. The summed E-state index contributed by atoms with van der Waals surface area (Å²) in [6.45, 7) is 5.60. The Balaban J connectivity index is 1.91. The van der Waals surface area contributed by atoms with Gasteiger partial charge in [0.15, 0.2) is 0 Å². The summed E-state index contributed by atoms with van der Waals surface area (Å²) in [4.78, 5) is 14.8. The van der Waals surface area contributed by atoms with E-state index in [2.05, 4.69) is 6.92 Å². The summed E-state index contributed by atoms with van der Waals surface area (Å²) < 4.78 is 33.4. The fraction of sp³-hybridized carbons (Fsp3) is 0.409. The maximum absolute atomic E-state index is 13.4. The lowest BCUT2D eigenvalue weighted by Crippen LogP contribution is -2.45. The minimum Gasteiger partial charge on any atom is -0.494 e. The molecule has 0 atom stereocenters. The van der Waals surface area contributed by atoms with Crippen molar-refractivity contribution < 1.29 is 17.9 Å². The molecule has 0 aliphatic carbocycles. The fourth-order valence-corrected chi connectivity index (χ4v) is 4.95.